The third-order valence-corrected chi connectivity index (χ3v) is 3.28. The molecule has 0 bridgehead atoms. The Morgan fingerprint density at radius 1 is 1.40 bits per heavy atom. The summed E-state index contributed by atoms with van der Waals surface area (Å²) in [5.41, 5.74) is 0.0865. The fraction of sp³-hybridized carbons (Fsp3) is 0.429. The van der Waals surface area contributed by atoms with Crippen molar-refractivity contribution in [3.63, 3.8) is 0 Å². The van der Waals surface area contributed by atoms with Crippen molar-refractivity contribution in [1.82, 2.24) is 5.32 Å². The van der Waals surface area contributed by atoms with Gasteiger partial charge in [0.1, 0.15) is 0 Å². The number of carbonyl (C=O) groups excluding carboxylic acids is 1. The summed E-state index contributed by atoms with van der Waals surface area (Å²) in [5.74, 6) is -0.609. The first-order chi connectivity index (χ1) is 9.34. The van der Waals surface area contributed by atoms with Crippen LogP contribution in [0.2, 0.25) is 0 Å². The van der Waals surface area contributed by atoms with Gasteiger partial charge in [-0.15, -0.1) is 0 Å². The van der Waals surface area contributed by atoms with Gasteiger partial charge in [0, 0.05) is 17.9 Å². The van der Waals surface area contributed by atoms with Crippen molar-refractivity contribution < 1.29 is 19.8 Å². The number of aliphatic hydroxyl groups is 1. The van der Waals surface area contributed by atoms with E-state index in [0.29, 0.717) is 5.56 Å². The highest BCUT2D eigenvalue weighted by Gasteiger charge is 2.25. The van der Waals surface area contributed by atoms with Crippen LogP contribution < -0.4 is 5.32 Å². The molecule has 0 spiro atoms. The molecule has 0 saturated heterocycles. The second-order valence-electron chi connectivity index (χ2n) is 4.88. The Morgan fingerprint density at radius 3 is 2.70 bits per heavy atom. The summed E-state index contributed by atoms with van der Waals surface area (Å²) in [6.07, 6.45) is 1.57. The van der Waals surface area contributed by atoms with E-state index < -0.39 is 18.0 Å². The first kappa shape index (κ1) is 16.5. The first-order valence-corrected chi connectivity index (χ1v) is 7.54. The number of hydrogen-bond acceptors (Lipinski definition) is 4. The van der Waals surface area contributed by atoms with Gasteiger partial charge in [0.2, 0.25) is 0 Å². The summed E-state index contributed by atoms with van der Waals surface area (Å²) in [7, 11) is 0. The van der Waals surface area contributed by atoms with Gasteiger partial charge in [0.05, 0.1) is 12.0 Å². The second-order valence-corrected chi connectivity index (χ2v) is 5.75. The number of aliphatic carboxylic acids is 1. The van der Waals surface area contributed by atoms with E-state index in [9.17, 15) is 14.7 Å². The molecule has 0 fully saturated rings. The minimum Gasteiger partial charge on any atom is -0.481 e. The van der Waals surface area contributed by atoms with Gasteiger partial charge < -0.3 is 15.5 Å². The van der Waals surface area contributed by atoms with Crippen molar-refractivity contribution in [2.45, 2.75) is 24.7 Å². The van der Waals surface area contributed by atoms with Crippen LogP contribution in [0.3, 0.4) is 0 Å². The highest BCUT2D eigenvalue weighted by Crippen LogP contribution is 2.12. The van der Waals surface area contributed by atoms with Crippen LogP contribution >= 0.6 is 11.8 Å². The van der Waals surface area contributed by atoms with Gasteiger partial charge in [0.25, 0.3) is 5.91 Å². The highest BCUT2D eigenvalue weighted by atomic mass is 32.2. The fourth-order valence-corrected chi connectivity index (χ4v) is 2.24. The van der Waals surface area contributed by atoms with Crippen molar-refractivity contribution in [1.29, 1.82) is 0 Å². The van der Waals surface area contributed by atoms with Gasteiger partial charge in [-0.2, -0.15) is 11.8 Å². The lowest BCUT2D eigenvalue weighted by molar-refractivity contribution is -0.141. The summed E-state index contributed by atoms with van der Waals surface area (Å²) >= 11 is 1.66. The topological polar surface area (TPSA) is 86.6 Å². The minimum absolute atomic E-state index is 0.106. The lowest BCUT2D eigenvalue weighted by atomic mass is 10.0. The lowest BCUT2D eigenvalue weighted by Crippen LogP contribution is -2.42. The van der Waals surface area contributed by atoms with Gasteiger partial charge in [-0.05, 0) is 30.9 Å². The van der Waals surface area contributed by atoms with Gasteiger partial charge in [-0.1, -0.05) is 12.1 Å². The Bertz CT molecular complexity index is 488. The van der Waals surface area contributed by atoms with Crippen molar-refractivity contribution in [2.24, 2.45) is 0 Å². The molecule has 1 aromatic carbocycles. The fourth-order valence-electron chi connectivity index (χ4n) is 1.73. The monoisotopic (exact) mass is 297 g/mol. The maximum absolute atomic E-state index is 12.0. The summed E-state index contributed by atoms with van der Waals surface area (Å²) in [6, 6.07) is 7.21. The molecule has 1 amide bonds. The van der Waals surface area contributed by atoms with E-state index in [-0.39, 0.29) is 12.5 Å². The predicted octanol–water partition coefficient (Wildman–Crippen LogP) is 1.51. The molecule has 3 N–H and O–H groups in total. The molecular formula is C14H19NO4S. The number of amides is 1. The van der Waals surface area contributed by atoms with Crippen LogP contribution in [-0.2, 0) is 10.5 Å². The third-order valence-electron chi connectivity index (χ3n) is 2.66. The number of thioether (sulfide) groups is 1. The van der Waals surface area contributed by atoms with Crippen LogP contribution in [0, 0.1) is 0 Å². The van der Waals surface area contributed by atoms with E-state index >= 15 is 0 Å². The normalized spacial score (nSPS) is 13.6. The van der Waals surface area contributed by atoms with Crippen LogP contribution in [0.25, 0.3) is 0 Å². The van der Waals surface area contributed by atoms with Crippen molar-refractivity contribution >= 4 is 23.6 Å². The number of nitrogens with one attached hydrogen (secondary N) is 1. The summed E-state index contributed by atoms with van der Waals surface area (Å²) in [4.78, 5) is 22.5. The molecule has 1 atom stereocenters. The zero-order valence-electron chi connectivity index (χ0n) is 11.5. The van der Waals surface area contributed by atoms with E-state index in [1.165, 1.54) is 6.92 Å². The highest BCUT2D eigenvalue weighted by molar-refractivity contribution is 7.97. The largest absolute Gasteiger partial charge is 0.481 e. The van der Waals surface area contributed by atoms with E-state index in [1.807, 2.05) is 12.3 Å². The number of rotatable bonds is 7. The molecule has 1 rings (SSSR count). The molecule has 0 aliphatic heterocycles. The first-order valence-electron chi connectivity index (χ1n) is 6.14. The Hall–Kier alpha value is -1.53. The average molecular weight is 297 g/mol. The summed E-state index contributed by atoms with van der Waals surface area (Å²) in [6.45, 7) is 1.27. The van der Waals surface area contributed by atoms with E-state index in [2.05, 4.69) is 5.32 Å². The quantitative estimate of drug-likeness (QED) is 0.710. The smallest absolute Gasteiger partial charge is 0.306 e. The number of carboxylic acids is 1. The van der Waals surface area contributed by atoms with Gasteiger partial charge >= 0.3 is 5.97 Å². The average Bonchev–Trinajstić information content (AvgIpc) is 2.35. The molecule has 5 nitrogen and oxygen atoms in total. The molecule has 1 unspecified atom stereocenters. The number of carbonyl (C=O) groups is 2. The van der Waals surface area contributed by atoms with Crippen molar-refractivity contribution in [2.75, 3.05) is 12.8 Å². The molecule has 20 heavy (non-hydrogen) atoms. The van der Waals surface area contributed by atoms with Crippen LogP contribution in [0.15, 0.2) is 24.3 Å². The molecule has 0 radical (unpaired) electrons. The molecule has 0 aliphatic carbocycles. The van der Waals surface area contributed by atoms with E-state index in [0.717, 1.165) is 11.3 Å². The van der Waals surface area contributed by atoms with Gasteiger partial charge in [-0.3, -0.25) is 9.59 Å². The maximum Gasteiger partial charge on any atom is 0.306 e. The Labute approximate surface area is 122 Å². The van der Waals surface area contributed by atoms with Crippen molar-refractivity contribution in [3.8, 4) is 0 Å². The Kier molecular flexibility index (Phi) is 6.04. The molecule has 110 valence electrons. The minimum atomic E-state index is -1.46. The van der Waals surface area contributed by atoms with Crippen LogP contribution in [0.5, 0.6) is 0 Å². The third kappa shape index (κ3) is 5.63. The molecule has 1 aromatic rings. The molecular weight excluding hydrogens is 278 g/mol. The van der Waals surface area contributed by atoms with Crippen LogP contribution in [0.4, 0.5) is 0 Å². The lowest BCUT2D eigenvalue weighted by Gasteiger charge is -2.21. The van der Waals surface area contributed by atoms with Gasteiger partial charge in [-0.25, -0.2) is 0 Å². The van der Waals surface area contributed by atoms with Crippen LogP contribution in [-0.4, -0.2) is 40.5 Å². The second kappa shape index (κ2) is 7.31. The molecule has 0 heterocycles. The molecule has 0 saturated carbocycles. The molecule has 0 aliphatic rings. The van der Waals surface area contributed by atoms with Crippen LogP contribution in [0.1, 0.15) is 29.3 Å². The summed E-state index contributed by atoms with van der Waals surface area (Å²) in [5, 5.41) is 21.0. The van der Waals surface area contributed by atoms with E-state index in [1.54, 1.807) is 30.0 Å². The standard InChI is InChI=1S/C14H19NO4S/c1-14(19,7-12(16)17)9-15-13(18)11-5-3-4-10(6-11)8-20-2/h3-6,19H,7-9H2,1-2H3,(H,15,18)(H,16,17). The zero-order valence-corrected chi connectivity index (χ0v) is 12.4. The number of benzene rings is 1. The Morgan fingerprint density at radius 2 is 2.10 bits per heavy atom. The van der Waals surface area contributed by atoms with Gasteiger partial charge in [0.15, 0.2) is 0 Å². The summed E-state index contributed by atoms with van der Waals surface area (Å²) < 4.78 is 0. The molecule has 0 aromatic heterocycles. The van der Waals surface area contributed by atoms with E-state index in [4.69, 9.17) is 5.11 Å². The number of carboxylic acid groups (broad SMARTS) is 1. The SMILES string of the molecule is CSCc1cccc(C(=O)NCC(C)(O)CC(=O)O)c1. The Balaban J connectivity index is 2.62. The van der Waals surface area contributed by atoms with Crippen molar-refractivity contribution in [3.05, 3.63) is 35.4 Å². The molecule has 6 heteroatoms. The number of hydrogen-bond donors (Lipinski definition) is 3. The zero-order chi connectivity index (χ0) is 15.2. The predicted molar refractivity (Wildman–Crippen MR) is 78.9 cm³/mol. The maximum atomic E-state index is 12.0.